The number of azide groups is 1. The predicted molar refractivity (Wildman–Crippen MR) is 50.8 cm³/mol. The third-order valence-electron chi connectivity index (χ3n) is 1.91. The molecule has 0 bridgehead atoms. The molecule has 0 unspecified atom stereocenters. The molecule has 7 heteroatoms. The van der Waals surface area contributed by atoms with Crippen molar-refractivity contribution < 1.29 is 17.9 Å². The smallest absolute Gasteiger partial charge is 0.419 e. The van der Waals surface area contributed by atoms with E-state index in [1.54, 1.807) is 0 Å². The standard InChI is InChI=1S/C9H8F3N3O/c1-16-8-6(5-14-15-13)3-2-4-7(8)9(10,11)12/h2-4H,5H2,1H3. The van der Waals surface area contributed by atoms with Crippen molar-refractivity contribution in [1.29, 1.82) is 0 Å². The lowest BCUT2D eigenvalue weighted by Gasteiger charge is -2.14. The third kappa shape index (κ3) is 2.58. The van der Waals surface area contributed by atoms with E-state index in [2.05, 4.69) is 10.0 Å². The monoisotopic (exact) mass is 231 g/mol. The Balaban J connectivity index is 3.25. The van der Waals surface area contributed by atoms with Gasteiger partial charge in [-0.15, -0.1) is 0 Å². The minimum atomic E-state index is -4.49. The fourth-order valence-corrected chi connectivity index (χ4v) is 1.28. The van der Waals surface area contributed by atoms with Crippen LogP contribution >= 0.6 is 0 Å². The van der Waals surface area contributed by atoms with E-state index in [1.807, 2.05) is 0 Å². The third-order valence-corrected chi connectivity index (χ3v) is 1.91. The van der Waals surface area contributed by atoms with Gasteiger partial charge in [0.1, 0.15) is 5.75 Å². The summed E-state index contributed by atoms with van der Waals surface area (Å²) in [6, 6.07) is 3.58. The molecule has 4 nitrogen and oxygen atoms in total. The van der Waals surface area contributed by atoms with Gasteiger partial charge in [-0.1, -0.05) is 17.2 Å². The van der Waals surface area contributed by atoms with Crippen molar-refractivity contribution in [3.8, 4) is 5.75 Å². The van der Waals surface area contributed by atoms with Gasteiger partial charge in [0, 0.05) is 10.5 Å². The number of rotatable bonds is 3. The quantitative estimate of drug-likeness (QED) is 0.446. The van der Waals surface area contributed by atoms with Crippen molar-refractivity contribution in [2.45, 2.75) is 12.7 Å². The molecule has 0 amide bonds. The van der Waals surface area contributed by atoms with Crippen LogP contribution in [0.4, 0.5) is 13.2 Å². The highest BCUT2D eigenvalue weighted by atomic mass is 19.4. The molecule has 0 aliphatic rings. The van der Waals surface area contributed by atoms with Gasteiger partial charge in [-0.05, 0) is 11.6 Å². The van der Waals surface area contributed by atoms with Crippen LogP contribution in [0.2, 0.25) is 0 Å². The first-order chi connectivity index (χ1) is 7.50. The van der Waals surface area contributed by atoms with Gasteiger partial charge in [-0.2, -0.15) is 13.2 Å². The second-order valence-corrected chi connectivity index (χ2v) is 2.88. The van der Waals surface area contributed by atoms with Crippen LogP contribution in [0.5, 0.6) is 5.75 Å². The Morgan fingerprint density at radius 1 is 1.44 bits per heavy atom. The Kier molecular flexibility index (Phi) is 3.63. The maximum absolute atomic E-state index is 12.6. The first-order valence-electron chi connectivity index (χ1n) is 4.24. The van der Waals surface area contributed by atoms with Crippen LogP contribution in [0.25, 0.3) is 10.4 Å². The van der Waals surface area contributed by atoms with Crippen LogP contribution in [0.15, 0.2) is 23.3 Å². The number of methoxy groups -OCH3 is 1. The van der Waals surface area contributed by atoms with Crippen molar-refractivity contribution in [2.24, 2.45) is 5.11 Å². The Morgan fingerprint density at radius 2 is 2.12 bits per heavy atom. The minimum Gasteiger partial charge on any atom is -0.496 e. The number of halogens is 3. The van der Waals surface area contributed by atoms with Crippen LogP contribution in [-0.4, -0.2) is 7.11 Å². The van der Waals surface area contributed by atoms with Crippen LogP contribution in [0.1, 0.15) is 11.1 Å². The van der Waals surface area contributed by atoms with E-state index in [4.69, 9.17) is 10.3 Å². The van der Waals surface area contributed by atoms with Gasteiger partial charge in [-0.3, -0.25) is 0 Å². The summed E-state index contributed by atoms with van der Waals surface area (Å²) in [6.45, 7) is -0.177. The number of ether oxygens (including phenoxy) is 1. The fourth-order valence-electron chi connectivity index (χ4n) is 1.28. The van der Waals surface area contributed by atoms with Crippen LogP contribution in [0.3, 0.4) is 0 Å². The van der Waals surface area contributed by atoms with Crippen molar-refractivity contribution in [2.75, 3.05) is 7.11 Å². The average Bonchev–Trinajstić information content (AvgIpc) is 2.24. The largest absolute Gasteiger partial charge is 0.496 e. The van der Waals surface area contributed by atoms with Crippen LogP contribution in [-0.2, 0) is 12.7 Å². The molecule has 0 spiro atoms. The number of para-hydroxylation sites is 1. The van der Waals surface area contributed by atoms with Crippen LogP contribution < -0.4 is 4.74 Å². The lowest BCUT2D eigenvalue weighted by atomic mass is 10.1. The Bertz CT molecular complexity index is 424. The zero-order chi connectivity index (χ0) is 12.2. The second-order valence-electron chi connectivity index (χ2n) is 2.88. The molecule has 0 atom stereocenters. The van der Waals surface area contributed by atoms with E-state index >= 15 is 0 Å². The molecule has 16 heavy (non-hydrogen) atoms. The topological polar surface area (TPSA) is 58.0 Å². The SMILES string of the molecule is COc1c(CN=[N+]=[N-])cccc1C(F)(F)F. The van der Waals surface area contributed by atoms with Crippen molar-refractivity contribution in [1.82, 2.24) is 0 Å². The molecule has 1 aromatic carbocycles. The highest BCUT2D eigenvalue weighted by Crippen LogP contribution is 2.38. The van der Waals surface area contributed by atoms with Gasteiger partial charge < -0.3 is 4.74 Å². The van der Waals surface area contributed by atoms with Gasteiger partial charge in [0.2, 0.25) is 0 Å². The zero-order valence-corrected chi connectivity index (χ0v) is 8.32. The molecule has 86 valence electrons. The summed E-state index contributed by atoms with van der Waals surface area (Å²) in [7, 11) is 1.14. The molecule has 0 aromatic heterocycles. The summed E-state index contributed by atoms with van der Waals surface area (Å²) in [5.74, 6) is -0.303. The van der Waals surface area contributed by atoms with Crippen LogP contribution in [0, 0.1) is 0 Å². The molecule has 0 saturated carbocycles. The molecule has 0 N–H and O–H groups in total. The summed E-state index contributed by atoms with van der Waals surface area (Å²) in [4.78, 5) is 2.49. The average molecular weight is 231 g/mol. The summed E-state index contributed by atoms with van der Waals surface area (Å²) in [6.07, 6.45) is -4.49. The summed E-state index contributed by atoms with van der Waals surface area (Å²) in [5, 5.41) is 3.21. The molecule has 1 aromatic rings. The van der Waals surface area contributed by atoms with Gasteiger partial charge in [0.15, 0.2) is 0 Å². The normalized spacial score (nSPS) is 10.8. The molecule has 0 aliphatic heterocycles. The highest BCUT2D eigenvalue weighted by molar-refractivity contribution is 5.43. The molecular formula is C9H8F3N3O. The number of alkyl halides is 3. The Morgan fingerprint density at radius 3 is 2.62 bits per heavy atom. The maximum atomic E-state index is 12.6. The van der Waals surface area contributed by atoms with Crippen molar-refractivity contribution in [3.63, 3.8) is 0 Å². The van der Waals surface area contributed by atoms with E-state index in [0.29, 0.717) is 0 Å². The summed E-state index contributed by atoms with van der Waals surface area (Å²) < 4.78 is 42.4. The first-order valence-corrected chi connectivity index (χ1v) is 4.24. The molecule has 0 saturated heterocycles. The lowest BCUT2D eigenvalue weighted by Crippen LogP contribution is -2.08. The molecule has 0 radical (unpaired) electrons. The number of hydrogen-bond donors (Lipinski definition) is 0. The molecular weight excluding hydrogens is 223 g/mol. The van der Waals surface area contributed by atoms with Gasteiger partial charge in [0.05, 0.1) is 19.2 Å². The molecule has 1 rings (SSSR count). The molecule has 0 aliphatic carbocycles. The first kappa shape index (κ1) is 12.2. The molecule has 0 heterocycles. The number of nitrogens with zero attached hydrogens (tertiary/aromatic N) is 3. The Labute approximate surface area is 89.3 Å². The Hall–Kier alpha value is -1.88. The second kappa shape index (κ2) is 4.76. The maximum Gasteiger partial charge on any atom is 0.419 e. The van der Waals surface area contributed by atoms with Crippen molar-refractivity contribution in [3.05, 3.63) is 39.8 Å². The van der Waals surface area contributed by atoms with E-state index in [9.17, 15) is 13.2 Å². The highest BCUT2D eigenvalue weighted by Gasteiger charge is 2.34. The van der Waals surface area contributed by atoms with Crippen molar-refractivity contribution >= 4 is 0 Å². The fraction of sp³-hybridized carbons (Fsp3) is 0.333. The van der Waals surface area contributed by atoms with Gasteiger partial charge in [-0.25, -0.2) is 0 Å². The number of benzene rings is 1. The van der Waals surface area contributed by atoms with E-state index < -0.39 is 11.7 Å². The predicted octanol–water partition coefficient (Wildman–Crippen LogP) is 3.52. The van der Waals surface area contributed by atoms with Gasteiger partial charge >= 0.3 is 6.18 Å². The van der Waals surface area contributed by atoms with E-state index in [0.717, 1.165) is 13.2 Å². The molecule has 0 fully saturated rings. The zero-order valence-electron chi connectivity index (χ0n) is 8.32. The summed E-state index contributed by atoms with van der Waals surface area (Å²) in [5.41, 5.74) is 7.45. The number of hydrogen-bond acceptors (Lipinski definition) is 2. The minimum absolute atomic E-state index is 0.177. The van der Waals surface area contributed by atoms with E-state index in [-0.39, 0.29) is 17.9 Å². The van der Waals surface area contributed by atoms with E-state index in [1.165, 1.54) is 12.1 Å². The van der Waals surface area contributed by atoms with Gasteiger partial charge in [0.25, 0.3) is 0 Å². The lowest BCUT2D eigenvalue weighted by molar-refractivity contribution is -0.138. The summed E-state index contributed by atoms with van der Waals surface area (Å²) >= 11 is 0.